The second-order valence-corrected chi connectivity index (χ2v) is 9.25. The highest BCUT2D eigenvalue weighted by molar-refractivity contribution is 9.10. The molecule has 8 heteroatoms. The Labute approximate surface area is 138 Å². The number of sulfone groups is 1. The zero-order valence-electron chi connectivity index (χ0n) is 11.7. The molecule has 2 rings (SSSR count). The molecule has 2 aromatic rings. The molecule has 0 bridgehead atoms. The zero-order valence-corrected chi connectivity index (χ0v) is 14.9. The molecule has 1 N–H and O–H groups in total. The van der Waals surface area contributed by atoms with Gasteiger partial charge in [0.25, 0.3) is 10.0 Å². The van der Waals surface area contributed by atoms with E-state index in [9.17, 15) is 16.8 Å². The van der Waals surface area contributed by atoms with E-state index in [0.29, 0.717) is 10.2 Å². The van der Waals surface area contributed by atoms with Crippen molar-refractivity contribution >= 4 is 41.5 Å². The first kappa shape index (κ1) is 17.0. The maximum atomic E-state index is 12.3. The van der Waals surface area contributed by atoms with Crippen LogP contribution in [0.1, 0.15) is 6.92 Å². The number of benzene rings is 2. The van der Waals surface area contributed by atoms with E-state index in [1.165, 1.54) is 30.3 Å². The Kier molecular flexibility index (Phi) is 4.93. The summed E-state index contributed by atoms with van der Waals surface area (Å²) in [4.78, 5) is 0.277. The Morgan fingerprint density at radius 1 is 0.955 bits per heavy atom. The molecule has 22 heavy (non-hydrogen) atoms. The number of rotatable bonds is 5. The lowest BCUT2D eigenvalue weighted by molar-refractivity contribution is 0.597. The van der Waals surface area contributed by atoms with E-state index >= 15 is 0 Å². The molecule has 0 aliphatic carbocycles. The molecule has 0 aromatic heterocycles. The summed E-state index contributed by atoms with van der Waals surface area (Å²) in [6.07, 6.45) is 0. The standard InChI is InChI=1S/C14H14BrNO4S2/c1-2-21(17,18)12-9-7-11(8-10-12)16-22(19,20)14-6-4-3-5-13(14)15/h3-10,16H,2H2,1H3. The van der Waals surface area contributed by atoms with Crippen LogP contribution in [0.25, 0.3) is 0 Å². The maximum Gasteiger partial charge on any atom is 0.263 e. The van der Waals surface area contributed by atoms with Crippen LogP contribution in [0, 0.1) is 0 Å². The Balaban J connectivity index is 2.30. The number of sulfonamides is 1. The topological polar surface area (TPSA) is 80.3 Å². The molecule has 0 aliphatic rings. The van der Waals surface area contributed by atoms with Gasteiger partial charge in [-0.3, -0.25) is 4.72 Å². The second-order valence-electron chi connectivity index (χ2n) is 4.46. The van der Waals surface area contributed by atoms with Gasteiger partial charge in [-0.15, -0.1) is 0 Å². The van der Waals surface area contributed by atoms with Crippen LogP contribution >= 0.6 is 15.9 Å². The van der Waals surface area contributed by atoms with Crippen LogP contribution < -0.4 is 4.72 Å². The second kappa shape index (κ2) is 6.39. The van der Waals surface area contributed by atoms with Crippen LogP contribution in [0.2, 0.25) is 0 Å². The highest BCUT2D eigenvalue weighted by Crippen LogP contribution is 2.24. The Morgan fingerprint density at radius 2 is 1.55 bits per heavy atom. The summed E-state index contributed by atoms with van der Waals surface area (Å²) in [6, 6.07) is 12.1. The van der Waals surface area contributed by atoms with E-state index in [2.05, 4.69) is 20.7 Å². The molecule has 0 spiro atoms. The zero-order chi connectivity index (χ0) is 16.4. The van der Waals surface area contributed by atoms with Crippen LogP contribution in [0.4, 0.5) is 5.69 Å². The van der Waals surface area contributed by atoms with Crippen molar-refractivity contribution in [2.24, 2.45) is 0 Å². The number of nitrogens with one attached hydrogen (secondary N) is 1. The van der Waals surface area contributed by atoms with Crippen LogP contribution in [-0.4, -0.2) is 22.6 Å². The number of hydrogen-bond donors (Lipinski definition) is 1. The number of hydrogen-bond acceptors (Lipinski definition) is 4. The van der Waals surface area contributed by atoms with Gasteiger partial charge in [-0.2, -0.15) is 0 Å². The number of halogens is 1. The highest BCUT2D eigenvalue weighted by atomic mass is 79.9. The molecule has 0 saturated carbocycles. The van der Waals surface area contributed by atoms with Crippen LogP contribution in [0.5, 0.6) is 0 Å². The van der Waals surface area contributed by atoms with Crippen LogP contribution in [-0.2, 0) is 19.9 Å². The third-order valence-corrected chi connectivity index (χ3v) is 7.12. The number of anilines is 1. The van der Waals surface area contributed by atoms with E-state index in [1.54, 1.807) is 25.1 Å². The fourth-order valence-corrected chi connectivity index (χ4v) is 4.72. The SMILES string of the molecule is CCS(=O)(=O)c1ccc(NS(=O)(=O)c2ccccc2Br)cc1. The Bertz CT molecular complexity index is 875. The minimum Gasteiger partial charge on any atom is -0.280 e. The first-order valence-electron chi connectivity index (χ1n) is 6.36. The fourth-order valence-electron chi connectivity index (χ4n) is 1.77. The third kappa shape index (κ3) is 3.68. The summed E-state index contributed by atoms with van der Waals surface area (Å²) in [7, 11) is -7.05. The summed E-state index contributed by atoms with van der Waals surface area (Å²) < 4.78 is 50.9. The Morgan fingerprint density at radius 3 is 2.09 bits per heavy atom. The van der Waals surface area contributed by atoms with Crippen molar-refractivity contribution in [3.05, 3.63) is 53.0 Å². The average molecular weight is 404 g/mol. The van der Waals surface area contributed by atoms with E-state index < -0.39 is 19.9 Å². The molecule has 0 radical (unpaired) electrons. The van der Waals surface area contributed by atoms with Gasteiger partial charge < -0.3 is 0 Å². The van der Waals surface area contributed by atoms with Crippen molar-refractivity contribution in [3.63, 3.8) is 0 Å². The molecule has 0 amide bonds. The molecular formula is C14H14BrNO4S2. The first-order chi connectivity index (χ1) is 10.3. The van der Waals surface area contributed by atoms with E-state index in [4.69, 9.17) is 0 Å². The molecular weight excluding hydrogens is 390 g/mol. The van der Waals surface area contributed by atoms with Gasteiger partial charge in [-0.05, 0) is 52.3 Å². The van der Waals surface area contributed by atoms with Gasteiger partial charge in [0.1, 0.15) is 4.90 Å². The minimum atomic E-state index is -3.74. The van der Waals surface area contributed by atoms with Crippen molar-refractivity contribution in [1.82, 2.24) is 0 Å². The largest absolute Gasteiger partial charge is 0.280 e. The average Bonchev–Trinajstić information content (AvgIpc) is 2.47. The molecule has 0 aliphatic heterocycles. The van der Waals surface area contributed by atoms with Crippen molar-refractivity contribution < 1.29 is 16.8 Å². The van der Waals surface area contributed by atoms with Crippen LogP contribution in [0.15, 0.2) is 62.8 Å². The Hall–Kier alpha value is -1.38. The lowest BCUT2D eigenvalue weighted by Gasteiger charge is -2.10. The smallest absolute Gasteiger partial charge is 0.263 e. The molecule has 0 heterocycles. The van der Waals surface area contributed by atoms with Crippen molar-refractivity contribution in [2.45, 2.75) is 16.7 Å². The minimum absolute atomic E-state index is 0.00492. The molecule has 5 nitrogen and oxygen atoms in total. The summed E-state index contributed by atoms with van der Waals surface area (Å²) in [5.74, 6) is -0.00492. The van der Waals surface area contributed by atoms with Gasteiger partial charge in [0.05, 0.1) is 10.6 Å². The van der Waals surface area contributed by atoms with Gasteiger partial charge in [-0.25, -0.2) is 16.8 Å². The normalized spacial score (nSPS) is 12.1. The summed E-state index contributed by atoms with van der Waals surface area (Å²) in [5, 5.41) is 0. The highest BCUT2D eigenvalue weighted by Gasteiger charge is 2.18. The lowest BCUT2D eigenvalue weighted by Crippen LogP contribution is -2.13. The summed E-state index contributed by atoms with van der Waals surface area (Å²) in [6.45, 7) is 1.55. The van der Waals surface area contributed by atoms with Crippen molar-refractivity contribution in [2.75, 3.05) is 10.5 Å². The molecule has 118 valence electrons. The molecule has 0 unspecified atom stereocenters. The van der Waals surface area contributed by atoms with E-state index in [0.717, 1.165) is 0 Å². The van der Waals surface area contributed by atoms with Crippen LogP contribution in [0.3, 0.4) is 0 Å². The predicted octanol–water partition coefficient (Wildman–Crippen LogP) is 3.04. The quantitative estimate of drug-likeness (QED) is 0.831. The van der Waals surface area contributed by atoms with Gasteiger partial charge in [-0.1, -0.05) is 19.1 Å². The molecule has 0 atom stereocenters. The van der Waals surface area contributed by atoms with Gasteiger partial charge in [0.15, 0.2) is 9.84 Å². The first-order valence-corrected chi connectivity index (χ1v) is 10.3. The third-order valence-electron chi connectivity index (χ3n) is 2.97. The van der Waals surface area contributed by atoms with Crippen molar-refractivity contribution in [3.8, 4) is 0 Å². The fraction of sp³-hybridized carbons (Fsp3) is 0.143. The molecule has 2 aromatic carbocycles. The summed E-state index contributed by atoms with van der Waals surface area (Å²) >= 11 is 3.19. The molecule has 0 fully saturated rings. The lowest BCUT2D eigenvalue weighted by atomic mass is 10.3. The van der Waals surface area contributed by atoms with Crippen molar-refractivity contribution in [1.29, 1.82) is 0 Å². The monoisotopic (exact) mass is 403 g/mol. The van der Waals surface area contributed by atoms with Gasteiger partial charge in [0, 0.05) is 10.2 Å². The summed E-state index contributed by atoms with van der Waals surface area (Å²) in [5.41, 5.74) is 0.297. The van der Waals surface area contributed by atoms with E-state index in [-0.39, 0.29) is 15.5 Å². The predicted molar refractivity (Wildman–Crippen MR) is 89.1 cm³/mol. The van der Waals surface area contributed by atoms with Gasteiger partial charge in [0.2, 0.25) is 0 Å². The van der Waals surface area contributed by atoms with Gasteiger partial charge >= 0.3 is 0 Å². The van der Waals surface area contributed by atoms with E-state index in [1.807, 2.05) is 0 Å². The molecule has 0 saturated heterocycles. The maximum absolute atomic E-state index is 12.3.